The molecule has 29 heavy (non-hydrogen) atoms. The maximum atomic E-state index is 12.6. The van der Waals surface area contributed by atoms with E-state index in [1.54, 1.807) is 12.1 Å². The summed E-state index contributed by atoms with van der Waals surface area (Å²) in [5.74, 6) is 0.552. The summed E-state index contributed by atoms with van der Waals surface area (Å²) >= 11 is 0. The topological polar surface area (TPSA) is 82.9 Å². The summed E-state index contributed by atoms with van der Waals surface area (Å²) in [5, 5.41) is 3.00. The van der Waals surface area contributed by atoms with Crippen LogP contribution >= 0.6 is 0 Å². The van der Waals surface area contributed by atoms with E-state index in [4.69, 9.17) is 4.42 Å². The molecule has 3 heterocycles. The Hall–Kier alpha value is -2.16. The summed E-state index contributed by atoms with van der Waals surface area (Å²) in [6, 6.07) is 12.7. The molecular formula is C21H27N3O4S. The number of benzene rings is 1. The highest BCUT2D eigenvalue weighted by atomic mass is 32.2. The molecule has 0 spiro atoms. The predicted molar refractivity (Wildman–Crippen MR) is 110 cm³/mol. The lowest BCUT2D eigenvalue weighted by molar-refractivity contribution is -0.121. The quantitative estimate of drug-likeness (QED) is 0.781. The molecule has 1 N–H and O–H groups in total. The maximum absolute atomic E-state index is 12.6. The number of anilines is 1. The number of amides is 1. The number of nitrogens with one attached hydrogen (secondary N) is 1. The second-order valence-electron chi connectivity index (χ2n) is 7.76. The smallest absolute Gasteiger partial charge is 0.276 e. The Morgan fingerprint density at radius 3 is 2.55 bits per heavy atom. The SMILES string of the molecule is O=C(Nc1ccccc1)[C@H]1CCCN(Cc2ccc(S(=O)(=O)N3CCCC3)o2)C1. The van der Waals surface area contributed by atoms with Gasteiger partial charge in [-0.1, -0.05) is 18.2 Å². The minimum absolute atomic E-state index is 0.0183. The normalized spacial score (nSPS) is 21.3. The van der Waals surface area contributed by atoms with E-state index in [1.165, 1.54) is 4.31 Å². The summed E-state index contributed by atoms with van der Waals surface area (Å²) in [6.07, 6.45) is 3.56. The average molecular weight is 418 g/mol. The Morgan fingerprint density at radius 1 is 1.03 bits per heavy atom. The Labute approximate surface area is 171 Å². The van der Waals surface area contributed by atoms with Gasteiger partial charge in [-0.2, -0.15) is 4.31 Å². The van der Waals surface area contributed by atoms with Crippen LogP contribution in [0.25, 0.3) is 0 Å². The van der Waals surface area contributed by atoms with Gasteiger partial charge in [0, 0.05) is 25.3 Å². The van der Waals surface area contributed by atoms with Crippen molar-refractivity contribution in [3.63, 3.8) is 0 Å². The van der Waals surface area contributed by atoms with Gasteiger partial charge in [0.2, 0.25) is 11.0 Å². The standard InChI is InChI=1S/C21H27N3O4S/c25-21(22-18-8-2-1-3-9-18)17-7-6-12-23(15-17)16-19-10-11-20(28-19)29(26,27)24-13-4-5-14-24/h1-3,8-11,17H,4-7,12-16H2,(H,22,25)/t17-/m0/s1. The fourth-order valence-electron chi connectivity index (χ4n) is 4.04. The number of rotatable bonds is 6. The van der Waals surface area contributed by atoms with E-state index in [9.17, 15) is 13.2 Å². The third-order valence-electron chi connectivity index (χ3n) is 5.59. The molecule has 2 fully saturated rings. The Kier molecular flexibility index (Phi) is 6.03. The van der Waals surface area contributed by atoms with Crippen molar-refractivity contribution in [1.82, 2.24) is 9.21 Å². The van der Waals surface area contributed by atoms with Gasteiger partial charge in [0.05, 0.1) is 12.5 Å². The summed E-state index contributed by atoms with van der Waals surface area (Å²) in [6.45, 7) is 3.12. The maximum Gasteiger partial charge on any atom is 0.276 e. The number of nitrogens with zero attached hydrogens (tertiary/aromatic N) is 2. The fourth-order valence-corrected chi connectivity index (χ4v) is 5.48. The first kappa shape index (κ1) is 20.1. The zero-order chi connectivity index (χ0) is 20.3. The molecule has 0 bridgehead atoms. The number of para-hydroxylation sites is 1. The lowest BCUT2D eigenvalue weighted by atomic mass is 9.97. The van der Waals surface area contributed by atoms with Crippen LogP contribution in [0.2, 0.25) is 0 Å². The van der Waals surface area contributed by atoms with Crippen LogP contribution in [0.5, 0.6) is 0 Å². The van der Waals surface area contributed by atoms with Gasteiger partial charge in [0.15, 0.2) is 0 Å². The Morgan fingerprint density at radius 2 is 1.79 bits per heavy atom. The summed E-state index contributed by atoms with van der Waals surface area (Å²) in [4.78, 5) is 14.8. The van der Waals surface area contributed by atoms with Crippen LogP contribution in [-0.2, 0) is 21.4 Å². The average Bonchev–Trinajstić information content (AvgIpc) is 3.42. The van der Waals surface area contributed by atoms with Crippen molar-refractivity contribution < 1.29 is 17.6 Å². The second-order valence-corrected chi connectivity index (χ2v) is 9.63. The van der Waals surface area contributed by atoms with Gasteiger partial charge in [0.25, 0.3) is 10.0 Å². The molecule has 156 valence electrons. The first-order valence-electron chi connectivity index (χ1n) is 10.2. The molecule has 0 aliphatic carbocycles. The molecule has 2 saturated heterocycles. The number of hydrogen-bond donors (Lipinski definition) is 1. The van der Waals surface area contributed by atoms with Crippen molar-refractivity contribution in [3.8, 4) is 0 Å². The van der Waals surface area contributed by atoms with Crippen LogP contribution < -0.4 is 5.32 Å². The molecule has 8 heteroatoms. The van der Waals surface area contributed by atoms with Crippen LogP contribution in [0.1, 0.15) is 31.4 Å². The van der Waals surface area contributed by atoms with Gasteiger partial charge < -0.3 is 9.73 Å². The highest BCUT2D eigenvalue weighted by Gasteiger charge is 2.31. The van der Waals surface area contributed by atoms with Crippen molar-refractivity contribution in [2.45, 2.75) is 37.3 Å². The van der Waals surface area contributed by atoms with Crippen LogP contribution in [-0.4, -0.2) is 49.7 Å². The minimum Gasteiger partial charge on any atom is -0.447 e. The number of furan rings is 1. The van der Waals surface area contributed by atoms with Gasteiger partial charge >= 0.3 is 0 Å². The molecule has 7 nitrogen and oxygen atoms in total. The molecule has 2 aromatic rings. The fraction of sp³-hybridized carbons (Fsp3) is 0.476. The third kappa shape index (κ3) is 4.71. The van der Waals surface area contributed by atoms with E-state index < -0.39 is 10.0 Å². The molecule has 2 aliphatic rings. The largest absolute Gasteiger partial charge is 0.447 e. The first-order chi connectivity index (χ1) is 14.0. The molecule has 4 rings (SSSR count). The zero-order valence-electron chi connectivity index (χ0n) is 16.4. The summed E-state index contributed by atoms with van der Waals surface area (Å²) in [5.41, 5.74) is 0.803. The molecule has 2 aliphatic heterocycles. The lowest BCUT2D eigenvalue weighted by Crippen LogP contribution is -2.40. The second kappa shape index (κ2) is 8.69. The van der Waals surface area contributed by atoms with Crippen molar-refractivity contribution in [2.24, 2.45) is 5.92 Å². The predicted octanol–water partition coefficient (Wildman–Crippen LogP) is 2.91. The molecule has 1 amide bonds. The highest BCUT2D eigenvalue weighted by molar-refractivity contribution is 7.89. The monoisotopic (exact) mass is 417 g/mol. The number of hydrogen-bond acceptors (Lipinski definition) is 5. The zero-order valence-corrected chi connectivity index (χ0v) is 17.2. The number of likely N-dealkylation sites (tertiary alicyclic amines) is 1. The van der Waals surface area contributed by atoms with E-state index in [2.05, 4.69) is 10.2 Å². The highest BCUT2D eigenvalue weighted by Crippen LogP contribution is 2.25. The number of carbonyl (C=O) groups excluding carboxylic acids is 1. The third-order valence-corrected chi connectivity index (χ3v) is 7.37. The first-order valence-corrected chi connectivity index (χ1v) is 11.6. The van der Waals surface area contributed by atoms with E-state index in [1.807, 2.05) is 30.3 Å². The Bertz CT molecular complexity index is 936. The van der Waals surface area contributed by atoms with E-state index >= 15 is 0 Å². The van der Waals surface area contributed by atoms with Gasteiger partial charge in [-0.15, -0.1) is 0 Å². The van der Waals surface area contributed by atoms with E-state index in [0.29, 0.717) is 31.9 Å². The van der Waals surface area contributed by atoms with Gasteiger partial charge in [-0.05, 0) is 56.5 Å². The van der Waals surface area contributed by atoms with Crippen molar-refractivity contribution in [1.29, 1.82) is 0 Å². The molecule has 1 atom stereocenters. The molecule has 0 unspecified atom stereocenters. The Balaban J connectivity index is 1.36. The molecule has 0 saturated carbocycles. The van der Waals surface area contributed by atoms with Crippen LogP contribution in [0, 0.1) is 5.92 Å². The van der Waals surface area contributed by atoms with Crippen LogP contribution in [0.4, 0.5) is 5.69 Å². The van der Waals surface area contributed by atoms with Crippen LogP contribution in [0.3, 0.4) is 0 Å². The molecule has 1 aromatic heterocycles. The summed E-state index contributed by atoms with van der Waals surface area (Å²) < 4.78 is 32.4. The van der Waals surface area contributed by atoms with Crippen molar-refractivity contribution in [2.75, 3.05) is 31.5 Å². The van der Waals surface area contributed by atoms with Gasteiger partial charge in [-0.3, -0.25) is 9.69 Å². The van der Waals surface area contributed by atoms with Gasteiger partial charge in [-0.25, -0.2) is 8.42 Å². The number of piperidine rings is 1. The van der Waals surface area contributed by atoms with Gasteiger partial charge in [0.1, 0.15) is 5.76 Å². The number of sulfonamides is 1. The van der Waals surface area contributed by atoms with Crippen LogP contribution in [0.15, 0.2) is 52.0 Å². The minimum atomic E-state index is -3.53. The molecule has 1 aromatic carbocycles. The van der Waals surface area contributed by atoms with E-state index in [0.717, 1.165) is 37.9 Å². The van der Waals surface area contributed by atoms with Crippen molar-refractivity contribution in [3.05, 3.63) is 48.2 Å². The molecule has 0 radical (unpaired) electrons. The molecular weight excluding hydrogens is 390 g/mol. The van der Waals surface area contributed by atoms with E-state index in [-0.39, 0.29) is 16.9 Å². The van der Waals surface area contributed by atoms with Crippen molar-refractivity contribution >= 4 is 21.6 Å². The summed E-state index contributed by atoms with van der Waals surface area (Å²) in [7, 11) is -3.53. The number of carbonyl (C=O) groups is 1. The lowest BCUT2D eigenvalue weighted by Gasteiger charge is -2.31.